The first kappa shape index (κ1) is 16.2. The van der Waals surface area contributed by atoms with Gasteiger partial charge in [-0.2, -0.15) is 0 Å². The van der Waals surface area contributed by atoms with E-state index < -0.39 is 0 Å². The van der Waals surface area contributed by atoms with Gasteiger partial charge in [0.05, 0.1) is 26.9 Å². The highest BCUT2D eigenvalue weighted by Gasteiger charge is 2.24. The quantitative estimate of drug-likeness (QED) is 0.784. The molecule has 0 bridgehead atoms. The van der Waals surface area contributed by atoms with Crippen molar-refractivity contribution in [3.8, 4) is 17.2 Å². The van der Waals surface area contributed by atoms with Crippen LogP contribution in [0.2, 0.25) is 5.02 Å². The van der Waals surface area contributed by atoms with Gasteiger partial charge in [-0.1, -0.05) is 11.6 Å². The van der Waals surface area contributed by atoms with Crippen LogP contribution in [0, 0.1) is 6.92 Å². The number of methoxy groups -OCH3 is 3. The molecule has 0 saturated heterocycles. The molecule has 0 aliphatic carbocycles. The molecule has 22 heavy (non-hydrogen) atoms. The molecule has 0 N–H and O–H groups in total. The zero-order valence-corrected chi connectivity index (χ0v) is 13.7. The number of carbonyl (C=O) groups excluding carboxylic acids is 1. The zero-order chi connectivity index (χ0) is 16.3. The van der Waals surface area contributed by atoms with Gasteiger partial charge in [-0.05, 0) is 42.8 Å². The molecule has 0 spiro atoms. The number of rotatable bonds is 5. The molecule has 5 heteroatoms. The molecule has 0 aliphatic rings. The predicted octanol–water partition coefficient (Wildman–Crippen LogP) is 3.91. The molecule has 0 heterocycles. The minimum atomic E-state index is -0.160. The van der Waals surface area contributed by atoms with Gasteiger partial charge in [-0.3, -0.25) is 4.79 Å². The first-order valence-electron chi connectivity index (χ1n) is 6.63. The molecule has 0 amide bonds. The molecule has 0 aliphatic heterocycles. The van der Waals surface area contributed by atoms with E-state index >= 15 is 0 Å². The van der Waals surface area contributed by atoms with Crippen LogP contribution < -0.4 is 14.2 Å². The first-order valence-corrected chi connectivity index (χ1v) is 7.01. The lowest BCUT2D eigenvalue weighted by atomic mass is 9.97. The Hall–Kier alpha value is -2.20. The van der Waals surface area contributed by atoms with Gasteiger partial charge in [0.15, 0.2) is 17.3 Å². The average molecular weight is 321 g/mol. The lowest BCUT2D eigenvalue weighted by Crippen LogP contribution is -2.08. The van der Waals surface area contributed by atoms with E-state index in [-0.39, 0.29) is 5.78 Å². The van der Waals surface area contributed by atoms with Crippen LogP contribution in [-0.2, 0) is 0 Å². The second kappa shape index (κ2) is 6.71. The van der Waals surface area contributed by atoms with Gasteiger partial charge in [0.2, 0.25) is 5.75 Å². The number of halogens is 1. The molecule has 0 radical (unpaired) electrons. The van der Waals surface area contributed by atoms with Crippen molar-refractivity contribution in [3.05, 3.63) is 52.0 Å². The van der Waals surface area contributed by atoms with Gasteiger partial charge in [0.1, 0.15) is 0 Å². The molecular formula is C17H17ClO4. The second-order valence-corrected chi connectivity index (χ2v) is 5.11. The Balaban J connectivity index is 2.63. The van der Waals surface area contributed by atoms with Crippen molar-refractivity contribution in [2.45, 2.75) is 6.92 Å². The maximum absolute atomic E-state index is 12.8. The number of aryl methyl sites for hydroxylation is 1. The zero-order valence-electron chi connectivity index (χ0n) is 12.9. The van der Waals surface area contributed by atoms with Gasteiger partial charge in [-0.15, -0.1) is 0 Å². The van der Waals surface area contributed by atoms with Crippen molar-refractivity contribution in [1.29, 1.82) is 0 Å². The van der Waals surface area contributed by atoms with Crippen molar-refractivity contribution in [3.63, 3.8) is 0 Å². The molecule has 2 rings (SSSR count). The summed E-state index contributed by atoms with van der Waals surface area (Å²) in [5, 5.41) is 0.576. The minimum absolute atomic E-state index is 0.160. The first-order chi connectivity index (χ1) is 10.5. The van der Waals surface area contributed by atoms with Crippen LogP contribution in [-0.4, -0.2) is 27.1 Å². The van der Waals surface area contributed by atoms with Crippen molar-refractivity contribution >= 4 is 17.4 Å². The van der Waals surface area contributed by atoms with E-state index in [1.54, 1.807) is 30.3 Å². The number of benzene rings is 2. The van der Waals surface area contributed by atoms with Crippen molar-refractivity contribution in [2.24, 2.45) is 0 Å². The fourth-order valence-corrected chi connectivity index (χ4v) is 2.43. The molecule has 0 saturated carbocycles. The Labute approximate surface area is 134 Å². The largest absolute Gasteiger partial charge is 0.493 e. The molecular weight excluding hydrogens is 304 g/mol. The Bertz CT molecular complexity index is 693. The van der Waals surface area contributed by atoms with Crippen LogP contribution in [0.25, 0.3) is 0 Å². The van der Waals surface area contributed by atoms with Crippen LogP contribution >= 0.6 is 11.6 Å². The summed E-state index contributed by atoms with van der Waals surface area (Å²) in [5.41, 5.74) is 1.72. The van der Waals surface area contributed by atoms with E-state index in [1.807, 2.05) is 6.92 Å². The Morgan fingerprint density at radius 3 is 2.05 bits per heavy atom. The summed E-state index contributed by atoms with van der Waals surface area (Å²) in [5.74, 6) is 1.11. The molecule has 4 nitrogen and oxygen atoms in total. The molecule has 116 valence electrons. The van der Waals surface area contributed by atoms with Crippen molar-refractivity contribution in [2.75, 3.05) is 21.3 Å². The standard InChI is InChI=1S/C17H17ClO4/c1-10-9-13(20-2)16(21-3)17(22-4)14(10)15(19)11-5-7-12(18)8-6-11/h5-9H,1-4H3. The van der Waals surface area contributed by atoms with Crippen LogP contribution in [0.3, 0.4) is 0 Å². The summed E-state index contributed by atoms with van der Waals surface area (Å²) in [7, 11) is 4.54. The maximum atomic E-state index is 12.8. The number of hydrogen-bond donors (Lipinski definition) is 0. The Kier molecular flexibility index (Phi) is 4.93. The van der Waals surface area contributed by atoms with E-state index in [0.717, 1.165) is 5.56 Å². The van der Waals surface area contributed by atoms with E-state index in [9.17, 15) is 4.79 Å². The smallest absolute Gasteiger partial charge is 0.204 e. The predicted molar refractivity (Wildman–Crippen MR) is 85.7 cm³/mol. The fraction of sp³-hybridized carbons (Fsp3) is 0.235. The van der Waals surface area contributed by atoms with Crippen LogP contribution in [0.1, 0.15) is 21.5 Å². The number of ketones is 1. The van der Waals surface area contributed by atoms with E-state index in [1.165, 1.54) is 21.3 Å². The highest BCUT2D eigenvalue weighted by molar-refractivity contribution is 6.30. The Morgan fingerprint density at radius 1 is 0.955 bits per heavy atom. The normalized spacial score (nSPS) is 10.2. The van der Waals surface area contributed by atoms with Crippen molar-refractivity contribution < 1.29 is 19.0 Å². The van der Waals surface area contributed by atoms with Crippen LogP contribution in [0.5, 0.6) is 17.2 Å². The minimum Gasteiger partial charge on any atom is -0.493 e. The molecule has 0 unspecified atom stereocenters. The molecule has 2 aromatic rings. The van der Waals surface area contributed by atoms with Crippen LogP contribution in [0.15, 0.2) is 30.3 Å². The van der Waals surface area contributed by atoms with Gasteiger partial charge in [0.25, 0.3) is 0 Å². The third-order valence-corrected chi connectivity index (χ3v) is 3.61. The number of hydrogen-bond acceptors (Lipinski definition) is 4. The highest BCUT2D eigenvalue weighted by atomic mass is 35.5. The number of carbonyl (C=O) groups is 1. The number of ether oxygens (including phenoxy) is 3. The topological polar surface area (TPSA) is 44.8 Å². The molecule has 2 aromatic carbocycles. The summed E-state index contributed by atoms with van der Waals surface area (Å²) in [4.78, 5) is 12.8. The molecule has 0 fully saturated rings. The van der Waals surface area contributed by atoms with Gasteiger partial charge in [-0.25, -0.2) is 0 Å². The third kappa shape index (κ3) is 2.88. The summed E-state index contributed by atoms with van der Waals surface area (Å²) in [6, 6.07) is 8.47. The summed E-state index contributed by atoms with van der Waals surface area (Å²) < 4.78 is 16.0. The van der Waals surface area contributed by atoms with E-state index in [2.05, 4.69) is 0 Å². The molecule has 0 atom stereocenters. The monoisotopic (exact) mass is 320 g/mol. The van der Waals surface area contributed by atoms with Gasteiger partial charge >= 0.3 is 0 Å². The SMILES string of the molecule is COc1cc(C)c(C(=O)c2ccc(Cl)cc2)c(OC)c1OC. The fourth-order valence-electron chi connectivity index (χ4n) is 2.31. The summed E-state index contributed by atoms with van der Waals surface area (Å²) in [6.07, 6.45) is 0. The maximum Gasteiger partial charge on any atom is 0.204 e. The second-order valence-electron chi connectivity index (χ2n) is 4.67. The Morgan fingerprint density at radius 2 is 1.55 bits per heavy atom. The lowest BCUT2D eigenvalue weighted by molar-refractivity contribution is 0.103. The third-order valence-electron chi connectivity index (χ3n) is 3.36. The molecule has 0 aromatic heterocycles. The summed E-state index contributed by atoms with van der Waals surface area (Å²) >= 11 is 5.87. The lowest BCUT2D eigenvalue weighted by Gasteiger charge is -2.17. The van der Waals surface area contributed by atoms with Crippen molar-refractivity contribution in [1.82, 2.24) is 0 Å². The highest BCUT2D eigenvalue weighted by Crippen LogP contribution is 2.42. The van der Waals surface area contributed by atoms with Gasteiger partial charge < -0.3 is 14.2 Å². The van der Waals surface area contributed by atoms with Crippen LogP contribution in [0.4, 0.5) is 0 Å². The summed E-state index contributed by atoms with van der Waals surface area (Å²) in [6.45, 7) is 1.83. The van der Waals surface area contributed by atoms with E-state index in [4.69, 9.17) is 25.8 Å². The van der Waals surface area contributed by atoms with E-state index in [0.29, 0.717) is 33.4 Å². The average Bonchev–Trinajstić information content (AvgIpc) is 2.53. The van der Waals surface area contributed by atoms with Gasteiger partial charge in [0, 0.05) is 10.6 Å².